The molecular formula is C13H16ClN5. The van der Waals surface area contributed by atoms with E-state index in [0.29, 0.717) is 22.3 Å². The highest BCUT2D eigenvalue weighted by atomic mass is 35.5. The molecule has 2 rings (SSSR count). The van der Waals surface area contributed by atoms with Crippen molar-refractivity contribution in [2.24, 2.45) is 0 Å². The molecule has 5 nitrogen and oxygen atoms in total. The lowest BCUT2D eigenvalue weighted by Crippen LogP contribution is -2.08. The lowest BCUT2D eigenvalue weighted by molar-refractivity contribution is 0.966. The molecule has 1 heterocycles. The van der Waals surface area contributed by atoms with E-state index in [2.05, 4.69) is 27.5 Å². The molecule has 2 aromatic rings. The van der Waals surface area contributed by atoms with Gasteiger partial charge in [0, 0.05) is 6.54 Å². The first kappa shape index (κ1) is 13.4. The molecule has 0 fully saturated rings. The quantitative estimate of drug-likeness (QED) is 0.782. The van der Waals surface area contributed by atoms with Crippen LogP contribution in [-0.2, 0) is 0 Å². The molecule has 19 heavy (non-hydrogen) atoms. The topological polar surface area (TPSA) is 75.9 Å². The summed E-state index contributed by atoms with van der Waals surface area (Å²) in [6.07, 6.45) is 2.46. The van der Waals surface area contributed by atoms with E-state index < -0.39 is 0 Å². The maximum atomic E-state index is 6.09. The lowest BCUT2D eigenvalue weighted by atomic mass is 10.3. The van der Waals surface area contributed by atoms with Crippen LogP contribution in [0.15, 0.2) is 30.6 Å². The van der Waals surface area contributed by atoms with Gasteiger partial charge < -0.3 is 16.4 Å². The Morgan fingerprint density at radius 1 is 1.21 bits per heavy atom. The summed E-state index contributed by atoms with van der Waals surface area (Å²) in [5.41, 5.74) is 7.27. The van der Waals surface area contributed by atoms with E-state index in [1.807, 2.05) is 18.2 Å². The molecular weight excluding hydrogens is 262 g/mol. The SMILES string of the molecule is CCCNc1ncnc(Nc2ccccc2Cl)c1N. The Labute approximate surface area is 117 Å². The number of nitrogens with one attached hydrogen (secondary N) is 2. The van der Waals surface area contributed by atoms with E-state index in [9.17, 15) is 0 Å². The van der Waals surface area contributed by atoms with Gasteiger partial charge in [-0.2, -0.15) is 0 Å². The van der Waals surface area contributed by atoms with Crippen molar-refractivity contribution in [2.45, 2.75) is 13.3 Å². The van der Waals surface area contributed by atoms with E-state index in [-0.39, 0.29) is 0 Å². The van der Waals surface area contributed by atoms with Gasteiger partial charge in [-0.3, -0.25) is 0 Å². The van der Waals surface area contributed by atoms with E-state index in [1.54, 1.807) is 6.07 Å². The van der Waals surface area contributed by atoms with Crippen LogP contribution in [0.25, 0.3) is 0 Å². The maximum Gasteiger partial charge on any atom is 0.159 e. The highest BCUT2D eigenvalue weighted by Gasteiger charge is 2.08. The first-order valence-corrected chi connectivity index (χ1v) is 6.46. The summed E-state index contributed by atoms with van der Waals surface area (Å²) in [6, 6.07) is 7.42. The minimum absolute atomic E-state index is 0.482. The van der Waals surface area contributed by atoms with Gasteiger partial charge in [0.25, 0.3) is 0 Å². The van der Waals surface area contributed by atoms with Gasteiger partial charge in [0.2, 0.25) is 0 Å². The zero-order valence-corrected chi connectivity index (χ0v) is 11.4. The van der Waals surface area contributed by atoms with Gasteiger partial charge in [0.05, 0.1) is 10.7 Å². The van der Waals surface area contributed by atoms with Crippen LogP contribution in [-0.4, -0.2) is 16.5 Å². The third kappa shape index (κ3) is 3.26. The van der Waals surface area contributed by atoms with E-state index in [0.717, 1.165) is 18.7 Å². The second-order valence-electron chi connectivity index (χ2n) is 4.02. The number of hydrogen-bond acceptors (Lipinski definition) is 5. The fraction of sp³-hybridized carbons (Fsp3) is 0.231. The van der Waals surface area contributed by atoms with Gasteiger partial charge >= 0.3 is 0 Å². The van der Waals surface area contributed by atoms with Gasteiger partial charge in [-0.25, -0.2) is 9.97 Å². The minimum Gasteiger partial charge on any atom is -0.393 e. The number of aromatic nitrogens is 2. The Bertz CT molecular complexity index is 558. The number of para-hydroxylation sites is 1. The minimum atomic E-state index is 0.482. The van der Waals surface area contributed by atoms with Crippen molar-refractivity contribution in [1.82, 2.24) is 9.97 Å². The zero-order chi connectivity index (χ0) is 13.7. The first-order chi connectivity index (χ1) is 9.22. The van der Waals surface area contributed by atoms with E-state index in [1.165, 1.54) is 6.33 Å². The van der Waals surface area contributed by atoms with E-state index in [4.69, 9.17) is 17.3 Å². The largest absolute Gasteiger partial charge is 0.393 e. The molecule has 6 heteroatoms. The average Bonchev–Trinajstić information content (AvgIpc) is 2.42. The zero-order valence-electron chi connectivity index (χ0n) is 10.7. The summed E-state index contributed by atoms with van der Waals surface area (Å²) >= 11 is 6.09. The Kier molecular flexibility index (Phi) is 4.41. The third-order valence-electron chi connectivity index (χ3n) is 2.55. The van der Waals surface area contributed by atoms with Gasteiger partial charge in [-0.15, -0.1) is 0 Å². The summed E-state index contributed by atoms with van der Waals surface area (Å²) in [7, 11) is 0. The number of nitrogens with zero attached hydrogens (tertiary/aromatic N) is 2. The monoisotopic (exact) mass is 277 g/mol. The number of hydrogen-bond donors (Lipinski definition) is 3. The molecule has 0 spiro atoms. The number of halogens is 1. The Morgan fingerprint density at radius 3 is 2.68 bits per heavy atom. The molecule has 0 aliphatic heterocycles. The normalized spacial score (nSPS) is 10.2. The van der Waals surface area contributed by atoms with Crippen LogP contribution in [0.3, 0.4) is 0 Å². The van der Waals surface area contributed by atoms with Crippen LogP contribution in [0.4, 0.5) is 23.0 Å². The van der Waals surface area contributed by atoms with Crippen molar-refractivity contribution in [3.8, 4) is 0 Å². The predicted octanol–water partition coefficient (Wildman–Crippen LogP) is 3.28. The fourth-order valence-corrected chi connectivity index (χ4v) is 1.75. The Balaban J connectivity index is 2.23. The fourth-order valence-electron chi connectivity index (χ4n) is 1.57. The van der Waals surface area contributed by atoms with Crippen molar-refractivity contribution in [1.29, 1.82) is 0 Å². The third-order valence-corrected chi connectivity index (χ3v) is 2.88. The highest BCUT2D eigenvalue weighted by Crippen LogP contribution is 2.29. The molecule has 100 valence electrons. The van der Waals surface area contributed by atoms with Gasteiger partial charge in [-0.05, 0) is 18.6 Å². The van der Waals surface area contributed by atoms with Crippen LogP contribution in [0, 0.1) is 0 Å². The average molecular weight is 278 g/mol. The molecule has 0 radical (unpaired) electrons. The Hall–Kier alpha value is -2.01. The predicted molar refractivity (Wildman–Crippen MR) is 80.0 cm³/mol. The van der Waals surface area contributed by atoms with Crippen molar-refractivity contribution in [3.63, 3.8) is 0 Å². The van der Waals surface area contributed by atoms with Crippen molar-refractivity contribution in [2.75, 3.05) is 22.9 Å². The van der Waals surface area contributed by atoms with Crippen LogP contribution >= 0.6 is 11.6 Å². The molecule has 0 unspecified atom stereocenters. The molecule has 0 saturated carbocycles. The smallest absolute Gasteiger partial charge is 0.159 e. The van der Waals surface area contributed by atoms with Gasteiger partial charge in [-0.1, -0.05) is 30.7 Å². The van der Waals surface area contributed by atoms with Crippen molar-refractivity contribution < 1.29 is 0 Å². The molecule has 0 atom stereocenters. The molecule has 1 aromatic carbocycles. The summed E-state index contributed by atoms with van der Waals surface area (Å²) < 4.78 is 0. The lowest BCUT2D eigenvalue weighted by Gasteiger charge is -2.12. The van der Waals surface area contributed by atoms with Gasteiger partial charge in [0.15, 0.2) is 11.6 Å². The number of anilines is 4. The number of rotatable bonds is 5. The standard InChI is InChI=1S/C13H16ClN5/c1-2-7-16-12-11(15)13(18-8-17-12)19-10-6-4-3-5-9(10)14/h3-6,8H,2,7,15H2,1H3,(H2,16,17,18,19). The second-order valence-corrected chi connectivity index (χ2v) is 4.42. The van der Waals surface area contributed by atoms with Crippen molar-refractivity contribution >= 4 is 34.6 Å². The van der Waals surface area contributed by atoms with E-state index >= 15 is 0 Å². The van der Waals surface area contributed by atoms with Crippen LogP contribution in [0.1, 0.15) is 13.3 Å². The number of nitrogen functional groups attached to an aromatic ring is 1. The number of benzene rings is 1. The maximum absolute atomic E-state index is 6.09. The second kappa shape index (κ2) is 6.24. The number of nitrogens with two attached hydrogens (primary N) is 1. The molecule has 0 saturated heterocycles. The molecule has 4 N–H and O–H groups in total. The Morgan fingerprint density at radius 2 is 1.95 bits per heavy atom. The molecule has 0 aliphatic carbocycles. The molecule has 0 amide bonds. The summed E-state index contributed by atoms with van der Waals surface area (Å²) in [5, 5.41) is 6.88. The first-order valence-electron chi connectivity index (χ1n) is 6.08. The van der Waals surface area contributed by atoms with Crippen molar-refractivity contribution in [3.05, 3.63) is 35.6 Å². The summed E-state index contributed by atoms with van der Waals surface area (Å²) in [5.74, 6) is 1.17. The molecule has 0 bridgehead atoms. The van der Waals surface area contributed by atoms with Crippen LogP contribution < -0.4 is 16.4 Å². The van der Waals surface area contributed by atoms with Gasteiger partial charge in [0.1, 0.15) is 12.0 Å². The molecule has 0 aliphatic rings. The highest BCUT2D eigenvalue weighted by molar-refractivity contribution is 6.33. The summed E-state index contributed by atoms with van der Waals surface area (Å²) in [6.45, 7) is 2.89. The summed E-state index contributed by atoms with van der Waals surface area (Å²) in [4.78, 5) is 8.26. The van der Waals surface area contributed by atoms with Crippen LogP contribution in [0.5, 0.6) is 0 Å². The van der Waals surface area contributed by atoms with Crippen LogP contribution in [0.2, 0.25) is 5.02 Å². The molecule has 1 aromatic heterocycles.